The molecule has 1 saturated carbocycles. The van der Waals surface area contributed by atoms with Gasteiger partial charge in [-0.1, -0.05) is 6.42 Å². The highest BCUT2D eigenvalue weighted by atomic mass is 32.2. The topological polar surface area (TPSA) is 80.0 Å². The zero-order chi connectivity index (χ0) is 13.2. The number of aromatic nitrogens is 3. The van der Waals surface area contributed by atoms with Crippen molar-refractivity contribution < 1.29 is 0 Å². The number of nitrogens with two attached hydrogens (primary N) is 1. The van der Waals surface area contributed by atoms with Crippen LogP contribution >= 0.6 is 11.8 Å². The maximum absolute atomic E-state index is 5.68. The molecule has 0 unspecified atom stereocenters. The Balaban J connectivity index is 2.05. The molecule has 1 aliphatic carbocycles. The van der Waals surface area contributed by atoms with Crippen molar-refractivity contribution in [1.82, 2.24) is 15.0 Å². The Morgan fingerprint density at radius 2 is 2.06 bits per heavy atom. The lowest BCUT2D eigenvalue weighted by Gasteiger charge is -2.40. The largest absolute Gasteiger partial charge is 0.368 e. The fraction of sp³-hybridized carbons (Fsp3) is 0.727. The van der Waals surface area contributed by atoms with E-state index in [1.165, 1.54) is 19.3 Å². The Labute approximate surface area is 112 Å². The van der Waals surface area contributed by atoms with Gasteiger partial charge in [-0.05, 0) is 19.1 Å². The molecule has 0 aromatic carbocycles. The molecule has 1 aliphatic rings. The van der Waals surface area contributed by atoms with Crippen LogP contribution in [0, 0.1) is 0 Å². The number of nitrogens with zero attached hydrogens (tertiary/aromatic N) is 4. The lowest BCUT2D eigenvalue weighted by atomic mass is 9.84. The van der Waals surface area contributed by atoms with Crippen molar-refractivity contribution in [2.75, 3.05) is 42.8 Å². The van der Waals surface area contributed by atoms with Crippen molar-refractivity contribution >= 4 is 29.6 Å². The summed E-state index contributed by atoms with van der Waals surface area (Å²) in [4.78, 5) is 14.3. The van der Waals surface area contributed by atoms with E-state index in [4.69, 9.17) is 5.73 Å². The van der Waals surface area contributed by atoms with Crippen LogP contribution in [-0.4, -0.2) is 46.6 Å². The molecule has 0 aliphatic heterocycles. The molecule has 1 heterocycles. The van der Waals surface area contributed by atoms with E-state index in [-0.39, 0.29) is 5.95 Å². The van der Waals surface area contributed by atoms with E-state index in [0.717, 1.165) is 6.54 Å². The van der Waals surface area contributed by atoms with Gasteiger partial charge in [-0.3, -0.25) is 0 Å². The number of hydrogen-bond acceptors (Lipinski definition) is 7. The summed E-state index contributed by atoms with van der Waals surface area (Å²) in [6.07, 6.45) is 5.98. The quantitative estimate of drug-likeness (QED) is 0.831. The monoisotopic (exact) mass is 268 g/mol. The third-order valence-electron chi connectivity index (χ3n) is 3.31. The molecule has 100 valence electrons. The van der Waals surface area contributed by atoms with Gasteiger partial charge in [0.15, 0.2) is 0 Å². The van der Waals surface area contributed by atoms with E-state index < -0.39 is 0 Å². The molecule has 7 heteroatoms. The second-order valence-corrected chi connectivity index (χ2v) is 6.08. The SMILES string of the molecule is CSC1(CNc2nc(N)nc(N(C)C)n2)CCC1. The van der Waals surface area contributed by atoms with Crippen LogP contribution in [0.25, 0.3) is 0 Å². The standard InChI is InChI=1S/C11H20N6S/c1-17(2)10-15-8(12)14-9(16-10)13-7-11(18-3)5-4-6-11/h4-7H2,1-3H3,(H3,12,13,14,15,16). The van der Waals surface area contributed by atoms with Crippen molar-refractivity contribution in [2.24, 2.45) is 0 Å². The first-order chi connectivity index (χ1) is 8.54. The summed E-state index contributed by atoms with van der Waals surface area (Å²) >= 11 is 1.92. The summed E-state index contributed by atoms with van der Waals surface area (Å²) in [6, 6.07) is 0. The highest BCUT2D eigenvalue weighted by molar-refractivity contribution is 8.00. The van der Waals surface area contributed by atoms with Crippen molar-refractivity contribution in [3.8, 4) is 0 Å². The molecule has 1 fully saturated rings. The molecule has 0 spiro atoms. The van der Waals surface area contributed by atoms with Crippen LogP contribution in [0.5, 0.6) is 0 Å². The molecule has 3 N–H and O–H groups in total. The van der Waals surface area contributed by atoms with Gasteiger partial charge >= 0.3 is 0 Å². The van der Waals surface area contributed by atoms with Crippen LogP contribution in [-0.2, 0) is 0 Å². The molecule has 2 rings (SSSR count). The van der Waals surface area contributed by atoms with Gasteiger partial charge in [0.1, 0.15) is 0 Å². The Kier molecular flexibility index (Phi) is 3.79. The van der Waals surface area contributed by atoms with Crippen molar-refractivity contribution in [3.05, 3.63) is 0 Å². The van der Waals surface area contributed by atoms with E-state index in [1.807, 2.05) is 30.8 Å². The minimum absolute atomic E-state index is 0.253. The lowest BCUT2D eigenvalue weighted by molar-refractivity contribution is 0.379. The van der Waals surface area contributed by atoms with E-state index >= 15 is 0 Å². The summed E-state index contributed by atoms with van der Waals surface area (Å²) < 4.78 is 0.347. The van der Waals surface area contributed by atoms with Crippen LogP contribution in [0.4, 0.5) is 17.8 Å². The summed E-state index contributed by atoms with van der Waals surface area (Å²) in [5, 5.41) is 3.28. The molecule has 1 aromatic rings. The molecule has 1 aromatic heterocycles. The summed E-state index contributed by atoms with van der Waals surface area (Å²) in [7, 11) is 3.77. The molecule has 0 amide bonds. The first-order valence-electron chi connectivity index (χ1n) is 6.02. The van der Waals surface area contributed by atoms with Crippen LogP contribution in [0.1, 0.15) is 19.3 Å². The average Bonchev–Trinajstić information content (AvgIpc) is 2.27. The predicted octanol–water partition coefficient (Wildman–Crippen LogP) is 1.22. The number of nitrogens with one attached hydrogen (secondary N) is 1. The highest BCUT2D eigenvalue weighted by Gasteiger charge is 2.36. The zero-order valence-electron chi connectivity index (χ0n) is 11.1. The fourth-order valence-corrected chi connectivity index (χ4v) is 2.84. The maximum Gasteiger partial charge on any atom is 0.231 e. The number of thioether (sulfide) groups is 1. The molecular weight excluding hydrogens is 248 g/mol. The van der Waals surface area contributed by atoms with Gasteiger partial charge in [0.2, 0.25) is 17.8 Å². The molecule has 18 heavy (non-hydrogen) atoms. The van der Waals surface area contributed by atoms with Crippen molar-refractivity contribution in [3.63, 3.8) is 0 Å². The van der Waals surface area contributed by atoms with Crippen LogP contribution < -0.4 is 16.0 Å². The van der Waals surface area contributed by atoms with E-state index in [2.05, 4.69) is 26.5 Å². The Hall–Kier alpha value is -1.24. The van der Waals surface area contributed by atoms with Crippen LogP contribution in [0.15, 0.2) is 0 Å². The molecule has 0 radical (unpaired) electrons. The highest BCUT2D eigenvalue weighted by Crippen LogP contribution is 2.42. The second-order valence-electron chi connectivity index (χ2n) is 4.81. The zero-order valence-corrected chi connectivity index (χ0v) is 11.9. The first-order valence-corrected chi connectivity index (χ1v) is 7.25. The summed E-state index contributed by atoms with van der Waals surface area (Å²) in [5.41, 5.74) is 5.68. The van der Waals surface area contributed by atoms with E-state index in [9.17, 15) is 0 Å². The predicted molar refractivity (Wildman–Crippen MR) is 77.2 cm³/mol. The maximum atomic E-state index is 5.68. The fourth-order valence-electron chi connectivity index (χ4n) is 1.92. The van der Waals surface area contributed by atoms with Gasteiger partial charge in [0, 0.05) is 25.4 Å². The van der Waals surface area contributed by atoms with Crippen LogP contribution in [0.2, 0.25) is 0 Å². The normalized spacial score (nSPS) is 17.1. The molecule has 0 atom stereocenters. The minimum atomic E-state index is 0.253. The third-order valence-corrected chi connectivity index (χ3v) is 4.73. The molecule has 0 saturated heterocycles. The third kappa shape index (κ3) is 2.77. The Bertz CT molecular complexity index is 412. The van der Waals surface area contributed by atoms with E-state index in [1.54, 1.807) is 0 Å². The van der Waals surface area contributed by atoms with Gasteiger partial charge in [-0.15, -0.1) is 0 Å². The summed E-state index contributed by atoms with van der Waals surface area (Å²) in [6.45, 7) is 0.879. The van der Waals surface area contributed by atoms with Gasteiger partial charge in [-0.2, -0.15) is 26.7 Å². The van der Waals surface area contributed by atoms with Crippen molar-refractivity contribution in [1.29, 1.82) is 0 Å². The lowest BCUT2D eigenvalue weighted by Crippen LogP contribution is -2.40. The first kappa shape index (κ1) is 13.2. The Morgan fingerprint density at radius 3 is 2.56 bits per heavy atom. The minimum Gasteiger partial charge on any atom is -0.368 e. The smallest absolute Gasteiger partial charge is 0.231 e. The van der Waals surface area contributed by atoms with Crippen molar-refractivity contribution in [2.45, 2.75) is 24.0 Å². The molecular formula is C11H20N6S. The molecule has 0 bridgehead atoms. The molecule has 6 nitrogen and oxygen atoms in total. The second kappa shape index (κ2) is 5.17. The van der Waals surface area contributed by atoms with Gasteiger partial charge in [0.05, 0.1) is 0 Å². The van der Waals surface area contributed by atoms with Gasteiger partial charge in [-0.25, -0.2) is 0 Å². The number of hydrogen-bond donors (Lipinski definition) is 2. The Morgan fingerprint density at radius 1 is 1.33 bits per heavy atom. The number of rotatable bonds is 5. The summed E-state index contributed by atoms with van der Waals surface area (Å²) in [5.74, 6) is 1.39. The van der Waals surface area contributed by atoms with Gasteiger partial charge < -0.3 is 16.0 Å². The number of anilines is 3. The average molecular weight is 268 g/mol. The van der Waals surface area contributed by atoms with Gasteiger partial charge in [0.25, 0.3) is 0 Å². The van der Waals surface area contributed by atoms with E-state index in [0.29, 0.717) is 16.6 Å². The number of nitrogen functional groups attached to an aromatic ring is 1. The van der Waals surface area contributed by atoms with Crippen LogP contribution in [0.3, 0.4) is 0 Å².